The highest BCUT2D eigenvalue weighted by atomic mass is 15.4. The predicted octanol–water partition coefficient (Wildman–Crippen LogP) is 1.74. The standard InChI is InChI=1S/C9H14N4/c1-4-7-5-8-10-11-9(6(2)3)13(8)12-7/h5-6,12H,4H2,1-3H3. The lowest BCUT2D eigenvalue weighted by Crippen LogP contribution is -1.98. The molecule has 0 saturated heterocycles. The van der Waals surface area contributed by atoms with Gasteiger partial charge in [0.25, 0.3) is 0 Å². The first-order valence-corrected chi connectivity index (χ1v) is 4.65. The zero-order valence-electron chi connectivity index (χ0n) is 8.20. The van der Waals surface area contributed by atoms with E-state index in [1.54, 1.807) is 0 Å². The summed E-state index contributed by atoms with van der Waals surface area (Å²) in [7, 11) is 0. The number of H-pyrrole nitrogens is 1. The van der Waals surface area contributed by atoms with E-state index in [0.29, 0.717) is 5.92 Å². The molecule has 0 aromatic carbocycles. The molecule has 4 heteroatoms. The number of rotatable bonds is 2. The minimum Gasteiger partial charge on any atom is -0.295 e. The van der Waals surface area contributed by atoms with Crippen LogP contribution in [-0.2, 0) is 6.42 Å². The fourth-order valence-electron chi connectivity index (χ4n) is 1.40. The van der Waals surface area contributed by atoms with Crippen molar-refractivity contribution in [1.82, 2.24) is 19.8 Å². The first-order chi connectivity index (χ1) is 6.22. The first kappa shape index (κ1) is 8.29. The van der Waals surface area contributed by atoms with Crippen molar-refractivity contribution in [3.63, 3.8) is 0 Å². The van der Waals surface area contributed by atoms with Crippen molar-refractivity contribution in [2.24, 2.45) is 0 Å². The van der Waals surface area contributed by atoms with Gasteiger partial charge in [-0.2, -0.15) is 0 Å². The zero-order chi connectivity index (χ0) is 9.42. The third kappa shape index (κ3) is 1.22. The van der Waals surface area contributed by atoms with Gasteiger partial charge in [0.15, 0.2) is 11.5 Å². The molecule has 2 heterocycles. The lowest BCUT2D eigenvalue weighted by Gasteiger charge is -1.99. The van der Waals surface area contributed by atoms with Crippen molar-refractivity contribution in [2.75, 3.05) is 0 Å². The molecule has 2 aromatic heterocycles. The number of fused-ring (bicyclic) bond motifs is 1. The van der Waals surface area contributed by atoms with Crippen LogP contribution in [0.15, 0.2) is 6.07 Å². The molecule has 0 saturated carbocycles. The number of hydrogen-bond donors (Lipinski definition) is 1. The van der Waals surface area contributed by atoms with Crippen LogP contribution in [0, 0.1) is 0 Å². The molecule has 0 aliphatic rings. The minimum absolute atomic E-state index is 0.401. The summed E-state index contributed by atoms with van der Waals surface area (Å²) >= 11 is 0. The first-order valence-electron chi connectivity index (χ1n) is 4.65. The van der Waals surface area contributed by atoms with Gasteiger partial charge in [0.2, 0.25) is 0 Å². The maximum atomic E-state index is 4.11. The van der Waals surface area contributed by atoms with E-state index in [2.05, 4.69) is 36.1 Å². The molecule has 0 atom stereocenters. The SMILES string of the molecule is CCc1cc2nnc(C(C)C)n2[nH]1. The Labute approximate surface area is 77.0 Å². The molecule has 0 unspecified atom stereocenters. The number of aryl methyl sites for hydroxylation is 1. The van der Waals surface area contributed by atoms with Crippen LogP contribution in [0.1, 0.15) is 38.2 Å². The van der Waals surface area contributed by atoms with Gasteiger partial charge in [-0.15, -0.1) is 10.2 Å². The fourth-order valence-corrected chi connectivity index (χ4v) is 1.40. The molecule has 2 rings (SSSR count). The van der Waals surface area contributed by atoms with Gasteiger partial charge >= 0.3 is 0 Å². The third-order valence-electron chi connectivity index (χ3n) is 2.17. The summed E-state index contributed by atoms with van der Waals surface area (Å²) in [6.07, 6.45) is 1.00. The average molecular weight is 178 g/mol. The molecule has 2 aromatic rings. The monoisotopic (exact) mass is 178 g/mol. The number of nitrogens with one attached hydrogen (secondary N) is 1. The Morgan fingerprint density at radius 2 is 2.23 bits per heavy atom. The number of hydrogen-bond acceptors (Lipinski definition) is 2. The number of aromatic nitrogens is 4. The second kappa shape index (κ2) is 2.87. The highest BCUT2D eigenvalue weighted by Gasteiger charge is 2.10. The molecular weight excluding hydrogens is 164 g/mol. The molecule has 70 valence electrons. The van der Waals surface area contributed by atoms with E-state index in [1.807, 2.05) is 10.6 Å². The van der Waals surface area contributed by atoms with Crippen LogP contribution >= 0.6 is 0 Å². The van der Waals surface area contributed by atoms with Crippen LogP contribution in [-0.4, -0.2) is 19.8 Å². The van der Waals surface area contributed by atoms with E-state index >= 15 is 0 Å². The Hall–Kier alpha value is -1.32. The van der Waals surface area contributed by atoms with Crippen LogP contribution in [0.5, 0.6) is 0 Å². The van der Waals surface area contributed by atoms with Crippen molar-refractivity contribution in [3.05, 3.63) is 17.6 Å². The van der Waals surface area contributed by atoms with Gasteiger partial charge in [-0.1, -0.05) is 20.8 Å². The van der Waals surface area contributed by atoms with Crippen LogP contribution < -0.4 is 0 Å². The van der Waals surface area contributed by atoms with Gasteiger partial charge in [0.05, 0.1) is 0 Å². The van der Waals surface area contributed by atoms with Crippen molar-refractivity contribution >= 4 is 5.65 Å². The van der Waals surface area contributed by atoms with E-state index < -0.39 is 0 Å². The number of nitrogens with zero attached hydrogens (tertiary/aromatic N) is 3. The van der Waals surface area contributed by atoms with Gasteiger partial charge in [-0.05, 0) is 6.42 Å². The fraction of sp³-hybridized carbons (Fsp3) is 0.556. The molecule has 13 heavy (non-hydrogen) atoms. The summed E-state index contributed by atoms with van der Waals surface area (Å²) in [6, 6.07) is 2.04. The maximum absolute atomic E-state index is 4.11. The molecule has 1 N–H and O–H groups in total. The van der Waals surface area contributed by atoms with Gasteiger partial charge in [-0.25, -0.2) is 4.52 Å². The number of aromatic amines is 1. The van der Waals surface area contributed by atoms with Crippen LogP contribution in [0.4, 0.5) is 0 Å². The van der Waals surface area contributed by atoms with Crippen molar-refractivity contribution < 1.29 is 0 Å². The van der Waals surface area contributed by atoms with Crippen LogP contribution in [0.25, 0.3) is 5.65 Å². The smallest absolute Gasteiger partial charge is 0.177 e. The van der Waals surface area contributed by atoms with E-state index in [-0.39, 0.29) is 0 Å². The average Bonchev–Trinajstić information content (AvgIpc) is 2.59. The minimum atomic E-state index is 0.401. The topological polar surface area (TPSA) is 46.0 Å². The molecule has 0 fully saturated rings. The van der Waals surface area contributed by atoms with Gasteiger partial charge in [0, 0.05) is 17.7 Å². The Balaban J connectivity index is 2.58. The van der Waals surface area contributed by atoms with Crippen LogP contribution in [0.2, 0.25) is 0 Å². The van der Waals surface area contributed by atoms with E-state index in [0.717, 1.165) is 17.9 Å². The quantitative estimate of drug-likeness (QED) is 0.761. The predicted molar refractivity (Wildman–Crippen MR) is 50.8 cm³/mol. The summed E-state index contributed by atoms with van der Waals surface area (Å²) in [5.74, 6) is 1.40. The van der Waals surface area contributed by atoms with Gasteiger partial charge in [-0.3, -0.25) is 5.10 Å². The molecule has 0 aliphatic heterocycles. The summed E-state index contributed by atoms with van der Waals surface area (Å²) in [6.45, 7) is 6.35. The zero-order valence-corrected chi connectivity index (χ0v) is 8.20. The molecule has 0 amide bonds. The van der Waals surface area contributed by atoms with Crippen LogP contribution in [0.3, 0.4) is 0 Å². The molecule has 0 radical (unpaired) electrons. The molecule has 0 spiro atoms. The van der Waals surface area contributed by atoms with Crippen molar-refractivity contribution in [1.29, 1.82) is 0 Å². The summed E-state index contributed by atoms with van der Waals surface area (Å²) < 4.78 is 1.96. The summed E-state index contributed by atoms with van der Waals surface area (Å²) in [4.78, 5) is 0. The lowest BCUT2D eigenvalue weighted by molar-refractivity contribution is 0.717. The Morgan fingerprint density at radius 1 is 1.46 bits per heavy atom. The molecular formula is C9H14N4. The summed E-state index contributed by atoms with van der Waals surface area (Å²) in [5.41, 5.74) is 2.12. The lowest BCUT2D eigenvalue weighted by atomic mass is 10.2. The van der Waals surface area contributed by atoms with Crippen molar-refractivity contribution in [3.8, 4) is 0 Å². The Bertz CT molecular complexity index is 410. The van der Waals surface area contributed by atoms with Gasteiger partial charge in [0.1, 0.15) is 0 Å². The highest BCUT2D eigenvalue weighted by Crippen LogP contribution is 2.13. The largest absolute Gasteiger partial charge is 0.295 e. The maximum Gasteiger partial charge on any atom is 0.177 e. The molecule has 0 aliphatic carbocycles. The van der Waals surface area contributed by atoms with E-state index in [9.17, 15) is 0 Å². The van der Waals surface area contributed by atoms with E-state index in [4.69, 9.17) is 0 Å². The second-order valence-corrected chi connectivity index (χ2v) is 3.54. The van der Waals surface area contributed by atoms with Crippen molar-refractivity contribution in [2.45, 2.75) is 33.1 Å². The summed E-state index contributed by atoms with van der Waals surface area (Å²) in [5, 5.41) is 11.5. The molecule has 0 bridgehead atoms. The molecule has 4 nitrogen and oxygen atoms in total. The Morgan fingerprint density at radius 3 is 2.85 bits per heavy atom. The second-order valence-electron chi connectivity index (χ2n) is 3.54. The Kier molecular flexibility index (Phi) is 1.83. The highest BCUT2D eigenvalue weighted by molar-refractivity contribution is 5.39. The normalized spacial score (nSPS) is 11.7. The van der Waals surface area contributed by atoms with E-state index in [1.165, 1.54) is 5.69 Å². The van der Waals surface area contributed by atoms with Gasteiger partial charge < -0.3 is 0 Å². The third-order valence-corrected chi connectivity index (χ3v) is 2.17.